The molecule has 2 aliphatic carbocycles. The first-order valence-corrected chi connectivity index (χ1v) is 17.4. The van der Waals surface area contributed by atoms with Crippen LogP contribution >= 0.6 is 12.2 Å². The number of nitrogens with one attached hydrogen (secondary N) is 2. The zero-order valence-electron chi connectivity index (χ0n) is 22.5. The van der Waals surface area contributed by atoms with Crippen LogP contribution in [0.1, 0.15) is 26.7 Å². The molecule has 0 heterocycles. The Morgan fingerprint density at radius 3 is 1.54 bits per heavy atom. The predicted molar refractivity (Wildman–Crippen MR) is 165 cm³/mol. The van der Waals surface area contributed by atoms with Crippen LogP contribution in [0.3, 0.4) is 0 Å². The van der Waals surface area contributed by atoms with Crippen LogP contribution in [0.2, 0.25) is 0 Å². The normalized spacial score (nSPS) is 13.1. The van der Waals surface area contributed by atoms with Gasteiger partial charge >= 0.3 is 111 Å². The summed E-state index contributed by atoms with van der Waals surface area (Å²) in [5, 5.41) is 6.80. The Labute approximate surface area is 245 Å². The molecule has 0 spiro atoms. The minimum atomic E-state index is -1.75. The topological polar surface area (TPSA) is 42.5 Å². The second-order valence-corrected chi connectivity index (χ2v) is 15.7. The van der Waals surface area contributed by atoms with E-state index in [-0.39, 0.29) is 0 Å². The van der Waals surface area contributed by atoms with Gasteiger partial charge in [-0.1, -0.05) is 0 Å². The molecule has 0 amide bonds. The van der Waals surface area contributed by atoms with Crippen molar-refractivity contribution < 1.29 is 31.2 Å². The molecule has 0 fully saturated rings. The molecule has 4 nitrogen and oxygen atoms in total. The number of hydrogen-bond acceptors (Lipinski definition) is 3. The van der Waals surface area contributed by atoms with Gasteiger partial charge in [0.2, 0.25) is 0 Å². The summed E-state index contributed by atoms with van der Waals surface area (Å²) in [6.07, 6.45) is 16.1. The molecule has 39 heavy (non-hydrogen) atoms. The van der Waals surface area contributed by atoms with E-state index in [2.05, 4.69) is 77.4 Å². The van der Waals surface area contributed by atoms with Crippen molar-refractivity contribution in [2.24, 2.45) is 0 Å². The number of anilines is 2. The summed E-state index contributed by atoms with van der Waals surface area (Å²) < 4.78 is 15.9. The van der Waals surface area contributed by atoms with E-state index in [0.717, 1.165) is 22.9 Å². The minimum absolute atomic E-state index is 0.535. The van der Waals surface area contributed by atoms with Gasteiger partial charge in [0.1, 0.15) is 11.5 Å². The van der Waals surface area contributed by atoms with Gasteiger partial charge in [-0.05, 0) is 74.6 Å². The third-order valence-electron chi connectivity index (χ3n) is 6.09. The standard InChI is InChI=1S/C17H20N2O2S.C6H5.2C5H5.Zr/c1-3-20-15-9-5-13(6-10-15)18-17(22)19-14-7-11-16(12-8-14)21-4-2;1-2-4-6-5-3-1;2*1-2-4-5-3-1;/h5-12H,3-4H2,1-2H3,(H2,18,19,22);1-5H;2*1-3H,4H2;. The van der Waals surface area contributed by atoms with Gasteiger partial charge in [0.15, 0.2) is 5.11 Å². The Balaban J connectivity index is 0.000000186. The van der Waals surface area contributed by atoms with Crippen LogP contribution in [0.4, 0.5) is 11.4 Å². The van der Waals surface area contributed by atoms with Gasteiger partial charge in [-0.25, -0.2) is 0 Å². The van der Waals surface area contributed by atoms with Crippen molar-refractivity contribution >= 4 is 32.0 Å². The van der Waals surface area contributed by atoms with E-state index in [4.69, 9.17) is 21.7 Å². The molecule has 0 bridgehead atoms. The second-order valence-electron chi connectivity index (χ2n) is 8.88. The van der Waals surface area contributed by atoms with Crippen molar-refractivity contribution in [3.05, 3.63) is 122 Å². The summed E-state index contributed by atoms with van der Waals surface area (Å²) in [4.78, 5) is 0. The summed E-state index contributed by atoms with van der Waals surface area (Å²) in [6, 6.07) is 26.5. The van der Waals surface area contributed by atoms with Gasteiger partial charge in [-0.15, -0.1) is 0 Å². The van der Waals surface area contributed by atoms with Crippen molar-refractivity contribution in [2.45, 2.75) is 26.7 Å². The number of rotatable bonds is 9. The minimum Gasteiger partial charge on any atom is -0.494 e. The number of benzene rings is 3. The molecule has 0 aromatic heterocycles. The molecular formula is C33H35N2O2SZr. The van der Waals surface area contributed by atoms with E-state index in [1.54, 1.807) is 9.83 Å². The zero-order chi connectivity index (χ0) is 27.3. The Kier molecular flexibility index (Phi) is 11.4. The van der Waals surface area contributed by atoms with Gasteiger partial charge in [0, 0.05) is 11.4 Å². The largest absolute Gasteiger partial charge is 0.494 e. The van der Waals surface area contributed by atoms with Gasteiger partial charge < -0.3 is 20.1 Å². The third-order valence-corrected chi connectivity index (χ3v) is 13.5. The third kappa shape index (κ3) is 8.91. The summed E-state index contributed by atoms with van der Waals surface area (Å²) in [7, 11) is 0. The fourth-order valence-electron chi connectivity index (χ4n) is 4.34. The van der Waals surface area contributed by atoms with Crippen LogP contribution in [-0.4, -0.2) is 18.3 Å². The van der Waals surface area contributed by atoms with E-state index < -0.39 is 21.8 Å². The molecule has 5 rings (SSSR count). The quantitative estimate of drug-likeness (QED) is 0.240. The molecule has 3 aromatic carbocycles. The van der Waals surface area contributed by atoms with Crippen LogP contribution in [0.25, 0.3) is 0 Å². The average molecular weight is 615 g/mol. The average Bonchev–Trinajstić information content (AvgIpc) is 3.68. The first kappa shape index (κ1) is 28.8. The van der Waals surface area contributed by atoms with Gasteiger partial charge in [0.25, 0.3) is 0 Å². The fourth-order valence-corrected chi connectivity index (χ4v) is 11.6. The molecule has 0 radical (unpaired) electrons. The van der Waals surface area contributed by atoms with Crippen molar-refractivity contribution in [1.29, 1.82) is 0 Å². The van der Waals surface area contributed by atoms with E-state index >= 15 is 0 Å². The van der Waals surface area contributed by atoms with Crippen LogP contribution in [0, 0.1) is 0 Å². The van der Waals surface area contributed by atoms with Gasteiger partial charge in [-0.2, -0.15) is 0 Å². The van der Waals surface area contributed by atoms with Crippen LogP contribution < -0.4 is 23.4 Å². The maximum absolute atomic E-state index is 5.40. The zero-order valence-corrected chi connectivity index (χ0v) is 25.8. The van der Waals surface area contributed by atoms with Crippen LogP contribution in [0.5, 0.6) is 11.5 Å². The Morgan fingerprint density at radius 1 is 0.692 bits per heavy atom. The number of ether oxygens (including phenoxy) is 2. The van der Waals surface area contributed by atoms with Crippen LogP contribution in [-0.2, 0) is 21.8 Å². The molecule has 0 aliphatic heterocycles. The molecule has 0 saturated heterocycles. The van der Waals surface area contributed by atoms with E-state index in [1.165, 1.54) is 12.8 Å². The Morgan fingerprint density at radius 2 is 1.15 bits per heavy atom. The maximum Gasteiger partial charge on any atom is 0.175 e. The molecule has 6 heteroatoms. The summed E-state index contributed by atoms with van der Waals surface area (Å²) >= 11 is 3.55. The number of allylic oxidation sites excluding steroid dienone is 8. The Hall–Kier alpha value is -3.21. The molecule has 0 atom stereocenters. The van der Waals surface area contributed by atoms with E-state index in [9.17, 15) is 0 Å². The van der Waals surface area contributed by atoms with Crippen LogP contribution in [0.15, 0.2) is 122 Å². The van der Waals surface area contributed by atoms with E-state index in [0.29, 0.717) is 18.3 Å². The second kappa shape index (κ2) is 15.4. The van der Waals surface area contributed by atoms with Crippen molar-refractivity contribution in [2.75, 3.05) is 23.8 Å². The van der Waals surface area contributed by atoms with E-state index in [1.807, 2.05) is 62.4 Å². The summed E-state index contributed by atoms with van der Waals surface area (Å²) in [5.41, 5.74) is 1.82. The smallest absolute Gasteiger partial charge is 0.175 e. The maximum atomic E-state index is 5.40. The monoisotopic (exact) mass is 613 g/mol. The van der Waals surface area contributed by atoms with Crippen molar-refractivity contribution in [1.82, 2.24) is 0 Å². The molecule has 2 N–H and O–H groups in total. The van der Waals surface area contributed by atoms with Crippen molar-refractivity contribution in [3.63, 3.8) is 0 Å². The first-order valence-electron chi connectivity index (χ1n) is 13.3. The predicted octanol–water partition coefficient (Wildman–Crippen LogP) is 7.91. The molecule has 0 unspecified atom stereocenters. The van der Waals surface area contributed by atoms with Gasteiger partial charge in [0.05, 0.1) is 13.2 Å². The Bertz CT molecular complexity index is 1250. The SMILES string of the molecule is C1=CC[C]([Zr]([C]2=CC=CC2)[c]2ccccc2)=C1.CCOc1ccc(NC(=S)Nc2ccc(OCC)cc2)cc1. The number of hydrogen-bond donors (Lipinski definition) is 2. The molecule has 3 aromatic rings. The molecule has 0 saturated carbocycles. The summed E-state index contributed by atoms with van der Waals surface area (Å²) in [5.74, 6) is 1.69. The molecule has 2 aliphatic rings. The fraction of sp³-hybridized carbons (Fsp3) is 0.182. The molecular weight excluding hydrogens is 580 g/mol. The molecule has 199 valence electrons. The van der Waals surface area contributed by atoms with Crippen molar-refractivity contribution in [3.8, 4) is 11.5 Å². The first-order chi connectivity index (χ1) is 19.2. The number of thiocarbonyl (C=S) groups is 1. The summed E-state index contributed by atoms with van der Waals surface area (Å²) in [6.45, 7) is 5.24. The van der Waals surface area contributed by atoms with Gasteiger partial charge in [-0.3, -0.25) is 0 Å².